The Hall–Kier alpha value is -1.80. The molecule has 1 aromatic heterocycles. The number of para-hydroxylation sites is 1. The second-order valence-corrected chi connectivity index (χ2v) is 11.9. The van der Waals surface area contributed by atoms with Crippen molar-refractivity contribution in [2.45, 2.75) is 44.4 Å². The van der Waals surface area contributed by atoms with Crippen LogP contribution < -0.4 is 0 Å². The summed E-state index contributed by atoms with van der Waals surface area (Å²) in [5, 5.41) is 1.22. The zero-order valence-electron chi connectivity index (χ0n) is 14.4. The molecule has 1 nitrogen and oxygen atoms in total. The van der Waals surface area contributed by atoms with Gasteiger partial charge in [0.2, 0.25) is 0 Å². The van der Waals surface area contributed by atoms with Crippen LogP contribution in [0.1, 0.15) is 37.6 Å². The summed E-state index contributed by atoms with van der Waals surface area (Å²) in [7, 11) is -1.49. The van der Waals surface area contributed by atoms with Gasteiger partial charge in [0, 0.05) is 10.9 Å². The van der Waals surface area contributed by atoms with Gasteiger partial charge >= 0.3 is 0 Å². The van der Waals surface area contributed by atoms with Gasteiger partial charge in [0.25, 0.3) is 0 Å². The molecular formula is C21H26OSi. The second kappa shape index (κ2) is 6.75. The molecule has 23 heavy (non-hydrogen) atoms. The van der Waals surface area contributed by atoms with Gasteiger partial charge in [0.1, 0.15) is 11.3 Å². The Morgan fingerprint density at radius 3 is 2.04 bits per heavy atom. The molecule has 3 rings (SSSR count). The summed E-state index contributed by atoms with van der Waals surface area (Å²) in [5.41, 5.74) is 2.87. The maximum atomic E-state index is 6.33. The molecule has 3 aromatic rings. The minimum absolute atomic E-state index is 0.441. The standard InChI is InChI=1S/C21H26OSi/c1-4-23(5-2,6-3)21(17-12-8-7-9-13-17)20-16-18-14-10-11-15-19(18)22-20/h7-16,21H,4-6H2,1-3H3. The van der Waals surface area contributed by atoms with Crippen LogP contribution in [0.2, 0.25) is 18.1 Å². The Morgan fingerprint density at radius 1 is 0.826 bits per heavy atom. The second-order valence-electron chi connectivity index (χ2n) is 6.45. The van der Waals surface area contributed by atoms with Gasteiger partial charge in [0.15, 0.2) is 0 Å². The quantitative estimate of drug-likeness (QED) is 0.465. The Balaban J connectivity index is 2.19. The largest absolute Gasteiger partial charge is 0.461 e. The van der Waals surface area contributed by atoms with E-state index in [0.717, 1.165) is 11.3 Å². The summed E-state index contributed by atoms with van der Waals surface area (Å²) >= 11 is 0. The molecule has 0 aliphatic heterocycles. The van der Waals surface area contributed by atoms with Crippen LogP contribution in [-0.2, 0) is 0 Å². The zero-order valence-corrected chi connectivity index (χ0v) is 15.4. The molecule has 0 amide bonds. The lowest BCUT2D eigenvalue weighted by molar-refractivity contribution is 0.550. The molecule has 0 saturated heterocycles. The number of hydrogen-bond donors (Lipinski definition) is 0. The minimum atomic E-state index is -1.49. The summed E-state index contributed by atoms with van der Waals surface area (Å²) < 4.78 is 6.33. The van der Waals surface area contributed by atoms with Crippen molar-refractivity contribution in [2.75, 3.05) is 0 Å². The molecule has 0 aliphatic carbocycles. The first kappa shape index (κ1) is 16.1. The molecule has 1 unspecified atom stereocenters. The van der Waals surface area contributed by atoms with Crippen LogP contribution in [0.3, 0.4) is 0 Å². The van der Waals surface area contributed by atoms with Gasteiger partial charge in [-0.05, 0) is 17.7 Å². The van der Waals surface area contributed by atoms with E-state index in [2.05, 4.69) is 81.4 Å². The fourth-order valence-electron chi connectivity index (χ4n) is 3.97. The average Bonchev–Trinajstić information content (AvgIpc) is 3.03. The molecule has 0 fully saturated rings. The molecule has 2 aromatic carbocycles. The van der Waals surface area contributed by atoms with E-state index < -0.39 is 8.07 Å². The Kier molecular flexibility index (Phi) is 4.72. The van der Waals surface area contributed by atoms with E-state index in [1.165, 1.54) is 29.1 Å². The first-order chi connectivity index (χ1) is 11.2. The molecule has 0 radical (unpaired) electrons. The molecule has 0 aliphatic rings. The number of hydrogen-bond acceptors (Lipinski definition) is 1. The van der Waals surface area contributed by atoms with Gasteiger partial charge in [0.05, 0.1) is 8.07 Å². The maximum Gasteiger partial charge on any atom is 0.134 e. The smallest absolute Gasteiger partial charge is 0.134 e. The van der Waals surface area contributed by atoms with Gasteiger partial charge in [-0.3, -0.25) is 0 Å². The van der Waals surface area contributed by atoms with Crippen LogP contribution in [-0.4, -0.2) is 8.07 Å². The van der Waals surface area contributed by atoms with E-state index in [0.29, 0.717) is 5.54 Å². The molecule has 0 saturated carbocycles. The van der Waals surface area contributed by atoms with Crippen LogP contribution in [0.4, 0.5) is 0 Å². The minimum Gasteiger partial charge on any atom is -0.461 e. The SMILES string of the molecule is CC[Si](CC)(CC)C(c1ccccc1)c1cc2ccccc2o1. The summed E-state index contributed by atoms with van der Waals surface area (Å²) in [4.78, 5) is 0. The summed E-state index contributed by atoms with van der Waals surface area (Å²) in [6.45, 7) is 7.12. The normalized spacial score (nSPS) is 13.3. The highest BCUT2D eigenvalue weighted by Gasteiger charge is 2.40. The van der Waals surface area contributed by atoms with E-state index in [-0.39, 0.29) is 0 Å². The Morgan fingerprint density at radius 2 is 1.43 bits per heavy atom. The Bertz CT molecular complexity index is 714. The lowest BCUT2D eigenvalue weighted by atomic mass is 10.1. The van der Waals surface area contributed by atoms with Gasteiger partial charge in [-0.15, -0.1) is 0 Å². The number of benzene rings is 2. The summed E-state index contributed by atoms with van der Waals surface area (Å²) in [5.74, 6) is 1.16. The van der Waals surface area contributed by atoms with E-state index in [1.807, 2.05) is 0 Å². The number of furan rings is 1. The van der Waals surface area contributed by atoms with Crippen molar-refractivity contribution in [1.29, 1.82) is 0 Å². The third-order valence-electron chi connectivity index (χ3n) is 5.59. The van der Waals surface area contributed by atoms with Crippen LogP contribution in [0.5, 0.6) is 0 Å². The predicted octanol–water partition coefficient (Wildman–Crippen LogP) is 6.61. The zero-order chi connectivity index (χ0) is 16.3. The monoisotopic (exact) mass is 322 g/mol. The topological polar surface area (TPSA) is 13.1 Å². The van der Waals surface area contributed by atoms with E-state index in [1.54, 1.807) is 0 Å². The van der Waals surface area contributed by atoms with Crippen LogP contribution >= 0.6 is 0 Å². The van der Waals surface area contributed by atoms with Crippen molar-refractivity contribution in [3.63, 3.8) is 0 Å². The van der Waals surface area contributed by atoms with Crippen LogP contribution in [0.15, 0.2) is 65.1 Å². The molecule has 0 N–H and O–H groups in total. The van der Waals surface area contributed by atoms with Crippen molar-refractivity contribution in [2.24, 2.45) is 0 Å². The van der Waals surface area contributed by atoms with Crippen LogP contribution in [0, 0.1) is 0 Å². The van der Waals surface area contributed by atoms with Gasteiger partial charge in [-0.2, -0.15) is 0 Å². The fraction of sp³-hybridized carbons (Fsp3) is 0.333. The van der Waals surface area contributed by atoms with Crippen molar-refractivity contribution in [1.82, 2.24) is 0 Å². The molecule has 120 valence electrons. The number of rotatable bonds is 6. The first-order valence-electron chi connectivity index (χ1n) is 8.77. The number of fused-ring (bicyclic) bond motifs is 1. The van der Waals surface area contributed by atoms with E-state index in [9.17, 15) is 0 Å². The third-order valence-corrected chi connectivity index (χ3v) is 11.7. The molecule has 0 bridgehead atoms. The highest BCUT2D eigenvalue weighted by Crippen LogP contribution is 2.42. The summed E-state index contributed by atoms with van der Waals surface area (Å²) in [6, 6.07) is 25.5. The lowest BCUT2D eigenvalue weighted by Crippen LogP contribution is -2.40. The predicted molar refractivity (Wildman–Crippen MR) is 102 cm³/mol. The van der Waals surface area contributed by atoms with Crippen molar-refractivity contribution in [3.05, 3.63) is 72.0 Å². The van der Waals surface area contributed by atoms with Crippen LogP contribution in [0.25, 0.3) is 11.0 Å². The van der Waals surface area contributed by atoms with Crippen molar-refractivity contribution >= 4 is 19.0 Å². The molecule has 1 heterocycles. The molecule has 2 heteroatoms. The Labute approximate surface area is 140 Å². The lowest BCUT2D eigenvalue weighted by Gasteiger charge is -2.36. The average molecular weight is 323 g/mol. The molecule has 0 spiro atoms. The van der Waals surface area contributed by atoms with Gasteiger partial charge in [-0.25, -0.2) is 0 Å². The van der Waals surface area contributed by atoms with E-state index in [4.69, 9.17) is 4.42 Å². The molecular weight excluding hydrogens is 296 g/mol. The van der Waals surface area contributed by atoms with E-state index >= 15 is 0 Å². The maximum absolute atomic E-state index is 6.33. The molecule has 1 atom stereocenters. The third kappa shape index (κ3) is 2.88. The van der Waals surface area contributed by atoms with Crippen molar-refractivity contribution in [3.8, 4) is 0 Å². The highest BCUT2D eigenvalue weighted by atomic mass is 28.3. The van der Waals surface area contributed by atoms with Gasteiger partial charge in [-0.1, -0.05) is 87.4 Å². The fourth-order valence-corrected chi connectivity index (χ4v) is 8.34. The highest BCUT2D eigenvalue weighted by molar-refractivity contribution is 6.81. The van der Waals surface area contributed by atoms with Gasteiger partial charge < -0.3 is 4.42 Å². The summed E-state index contributed by atoms with van der Waals surface area (Å²) in [6.07, 6.45) is 0. The van der Waals surface area contributed by atoms with Crippen molar-refractivity contribution < 1.29 is 4.42 Å². The first-order valence-corrected chi connectivity index (χ1v) is 11.5.